The van der Waals surface area contributed by atoms with E-state index in [-0.39, 0.29) is 0 Å². The molecular formula is C18H36N4O. The van der Waals surface area contributed by atoms with Crippen molar-refractivity contribution in [3.63, 3.8) is 0 Å². The number of nitrogens with zero attached hydrogens (tertiary/aromatic N) is 3. The van der Waals surface area contributed by atoms with Crippen LogP contribution in [-0.4, -0.2) is 85.0 Å². The smallest absolute Gasteiger partial charge is 0.236 e. The van der Waals surface area contributed by atoms with E-state index in [1.54, 1.807) is 0 Å². The van der Waals surface area contributed by atoms with Gasteiger partial charge in [-0.05, 0) is 18.8 Å². The van der Waals surface area contributed by atoms with Gasteiger partial charge in [0.05, 0.1) is 6.54 Å². The molecule has 0 atom stereocenters. The summed E-state index contributed by atoms with van der Waals surface area (Å²) in [6, 6.07) is 1.11. The van der Waals surface area contributed by atoms with Crippen LogP contribution in [0.25, 0.3) is 0 Å². The van der Waals surface area contributed by atoms with Gasteiger partial charge in [0.1, 0.15) is 0 Å². The summed E-state index contributed by atoms with van der Waals surface area (Å²) in [5.41, 5.74) is 0. The number of hydrogen-bond acceptors (Lipinski definition) is 4. The summed E-state index contributed by atoms with van der Waals surface area (Å²) in [7, 11) is 0. The molecule has 0 bridgehead atoms. The minimum Gasteiger partial charge on any atom is -0.341 e. The van der Waals surface area contributed by atoms with E-state index >= 15 is 0 Å². The Balaban J connectivity index is 1.66. The van der Waals surface area contributed by atoms with E-state index in [4.69, 9.17) is 0 Å². The molecule has 0 radical (unpaired) electrons. The average Bonchev–Trinajstić information content (AvgIpc) is 2.49. The molecule has 5 heteroatoms. The van der Waals surface area contributed by atoms with Gasteiger partial charge in [0.2, 0.25) is 5.91 Å². The summed E-state index contributed by atoms with van der Waals surface area (Å²) >= 11 is 0. The van der Waals surface area contributed by atoms with Gasteiger partial charge in [0.15, 0.2) is 0 Å². The molecule has 0 aromatic rings. The second-order valence-corrected chi connectivity index (χ2v) is 7.95. The third-order valence-electron chi connectivity index (χ3n) is 4.86. The Labute approximate surface area is 142 Å². The number of carbonyl (C=O) groups excluding carboxylic acids is 1. The van der Waals surface area contributed by atoms with Crippen LogP contribution in [0.4, 0.5) is 0 Å². The summed E-state index contributed by atoms with van der Waals surface area (Å²) in [5, 5.41) is 3.59. The lowest BCUT2D eigenvalue weighted by molar-refractivity contribution is -0.134. The zero-order chi connectivity index (χ0) is 16.8. The predicted molar refractivity (Wildman–Crippen MR) is 95.6 cm³/mol. The Hall–Kier alpha value is -0.650. The molecule has 23 heavy (non-hydrogen) atoms. The van der Waals surface area contributed by atoms with Crippen molar-refractivity contribution < 1.29 is 4.79 Å². The Bertz CT molecular complexity index is 356. The molecule has 1 N–H and O–H groups in total. The molecular weight excluding hydrogens is 288 g/mol. The number of rotatable bonds is 6. The molecule has 0 aromatic heterocycles. The fourth-order valence-electron chi connectivity index (χ4n) is 3.70. The summed E-state index contributed by atoms with van der Waals surface area (Å²) in [6.45, 7) is 16.8. The third-order valence-corrected chi connectivity index (χ3v) is 4.86. The first-order valence-corrected chi connectivity index (χ1v) is 9.42. The highest BCUT2D eigenvalue weighted by atomic mass is 16.2. The van der Waals surface area contributed by atoms with Gasteiger partial charge in [-0.1, -0.05) is 27.7 Å². The van der Waals surface area contributed by atoms with Crippen molar-refractivity contribution >= 4 is 5.91 Å². The lowest BCUT2D eigenvalue weighted by atomic mass is 10.0. The zero-order valence-electron chi connectivity index (χ0n) is 15.6. The van der Waals surface area contributed by atoms with Crippen molar-refractivity contribution in [3.8, 4) is 0 Å². The molecule has 0 unspecified atom stereocenters. The molecule has 2 heterocycles. The Morgan fingerprint density at radius 3 is 2.04 bits per heavy atom. The maximum Gasteiger partial charge on any atom is 0.236 e. The van der Waals surface area contributed by atoms with Gasteiger partial charge in [-0.2, -0.15) is 0 Å². The van der Waals surface area contributed by atoms with Gasteiger partial charge >= 0.3 is 0 Å². The van der Waals surface area contributed by atoms with E-state index < -0.39 is 0 Å². The Morgan fingerprint density at radius 1 is 0.957 bits per heavy atom. The summed E-state index contributed by atoms with van der Waals surface area (Å²) < 4.78 is 0. The van der Waals surface area contributed by atoms with Crippen molar-refractivity contribution in [2.45, 2.75) is 52.6 Å². The van der Waals surface area contributed by atoms with Crippen LogP contribution in [0.15, 0.2) is 0 Å². The van der Waals surface area contributed by atoms with Crippen molar-refractivity contribution in [2.24, 2.45) is 5.92 Å². The zero-order valence-corrected chi connectivity index (χ0v) is 15.6. The van der Waals surface area contributed by atoms with Gasteiger partial charge in [0.25, 0.3) is 0 Å². The molecule has 2 rings (SSSR count). The topological polar surface area (TPSA) is 38.8 Å². The largest absolute Gasteiger partial charge is 0.341 e. The second-order valence-electron chi connectivity index (χ2n) is 7.95. The average molecular weight is 325 g/mol. The SMILES string of the molecule is CC(C)CN1CCN(CC(=O)N2CCC(NC(C)C)CC2)CC1. The molecule has 2 fully saturated rings. The summed E-state index contributed by atoms with van der Waals surface area (Å²) in [5.74, 6) is 1.05. The number of carbonyl (C=O) groups is 1. The summed E-state index contributed by atoms with van der Waals surface area (Å²) in [6.07, 6.45) is 2.18. The van der Waals surface area contributed by atoms with Crippen LogP contribution < -0.4 is 5.32 Å². The standard InChI is InChI=1S/C18H36N4O/c1-15(2)13-20-9-11-21(12-10-20)14-18(23)22-7-5-17(6-8-22)19-16(3)4/h15-17,19H,5-14H2,1-4H3. The minimum atomic E-state index is 0.324. The number of amides is 1. The predicted octanol–water partition coefficient (Wildman–Crippen LogP) is 1.25. The van der Waals surface area contributed by atoms with E-state index in [2.05, 4.69) is 47.7 Å². The molecule has 134 valence electrons. The first kappa shape index (κ1) is 18.7. The monoisotopic (exact) mass is 324 g/mol. The molecule has 2 aliphatic heterocycles. The fraction of sp³-hybridized carbons (Fsp3) is 0.944. The Kier molecular flexibility index (Phi) is 7.31. The summed E-state index contributed by atoms with van der Waals surface area (Å²) in [4.78, 5) is 19.4. The number of nitrogens with one attached hydrogen (secondary N) is 1. The molecule has 2 saturated heterocycles. The van der Waals surface area contributed by atoms with Crippen LogP contribution in [0.5, 0.6) is 0 Å². The first-order chi connectivity index (χ1) is 10.9. The number of hydrogen-bond donors (Lipinski definition) is 1. The van der Waals surface area contributed by atoms with Crippen LogP contribution in [-0.2, 0) is 4.79 Å². The van der Waals surface area contributed by atoms with Crippen molar-refractivity contribution in [1.82, 2.24) is 20.0 Å². The molecule has 1 amide bonds. The Morgan fingerprint density at radius 2 is 1.52 bits per heavy atom. The molecule has 0 aliphatic carbocycles. The van der Waals surface area contributed by atoms with Gasteiger partial charge in [0, 0.05) is 57.9 Å². The molecule has 2 aliphatic rings. The van der Waals surface area contributed by atoms with E-state index in [0.29, 0.717) is 24.5 Å². The van der Waals surface area contributed by atoms with Gasteiger partial charge in [-0.15, -0.1) is 0 Å². The van der Waals surface area contributed by atoms with Gasteiger partial charge < -0.3 is 15.1 Å². The number of likely N-dealkylation sites (tertiary alicyclic amines) is 1. The van der Waals surface area contributed by atoms with Crippen LogP contribution in [0.2, 0.25) is 0 Å². The highest BCUT2D eigenvalue weighted by Crippen LogP contribution is 2.12. The van der Waals surface area contributed by atoms with E-state index in [1.807, 2.05) is 0 Å². The highest BCUT2D eigenvalue weighted by molar-refractivity contribution is 5.78. The molecule has 5 nitrogen and oxygen atoms in total. The van der Waals surface area contributed by atoms with Gasteiger partial charge in [-0.25, -0.2) is 0 Å². The lowest BCUT2D eigenvalue weighted by Crippen LogP contribution is -2.52. The maximum atomic E-state index is 12.5. The fourth-order valence-corrected chi connectivity index (χ4v) is 3.70. The molecule has 0 spiro atoms. The lowest BCUT2D eigenvalue weighted by Gasteiger charge is -2.37. The van der Waals surface area contributed by atoms with Crippen molar-refractivity contribution in [2.75, 3.05) is 52.4 Å². The van der Waals surface area contributed by atoms with Crippen molar-refractivity contribution in [1.29, 1.82) is 0 Å². The van der Waals surface area contributed by atoms with Crippen LogP contribution in [0.1, 0.15) is 40.5 Å². The van der Waals surface area contributed by atoms with E-state index in [1.165, 1.54) is 6.54 Å². The number of piperidine rings is 1. The van der Waals surface area contributed by atoms with Crippen LogP contribution >= 0.6 is 0 Å². The first-order valence-electron chi connectivity index (χ1n) is 9.42. The second kappa shape index (κ2) is 9.00. The third kappa shape index (κ3) is 6.40. The normalized spacial score (nSPS) is 22.3. The minimum absolute atomic E-state index is 0.324. The highest BCUT2D eigenvalue weighted by Gasteiger charge is 2.25. The van der Waals surface area contributed by atoms with Crippen LogP contribution in [0.3, 0.4) is 0 Å². The van der Waals surface area contributed by atoms with Crippen LogP contribution in [0, 0.1) is 5.92 Å². The quantitative estimate of drug-likeness (QED) is 0.798. The van der Waals surface area contributed by atoms with Crippen molar-refractivity contribution in [3.05, 3.63) is 0 Å². The maximum absolute atomic E-state index is 12.5. The number of piperazine rings is 1. The molecule has 0 aromatic carbocycles. The van der Waals surface area contributed by atoms with E-state index in [9.17, 15) is 4.79 Å². The molecule has 0 saturated carbocycles. The van der Waals surface area contributed by atoms with Gasteiger partial charge in [-0.3, -0.25) is 9.69 Å². The van der Waals surface area contributed by atoms with E-state index in [0.717, 1.165) is 58.0 Å².